The van der Waals surface area contributed by atoms with Crippen molar-refractivity contribution in [2.45, 2.75) is 13.0 Å². The minimum Gasteiger partial charge on any atom is -0.467 e. The van der Waals surface area contributed by atoms with E-state index in [9.17, 15) is 23.2 Å². The normalized spacial score (nSPS) is 16.5. The first-order valence-electron chi connectivity index (χ1n) is 8.07. The summed E-state index contributed by atoms with van der Waals surface area (Å²) in [6.07, 6.45) is 1.44. The van der Waals surface area contributed by atoms with Crippen LogP contribution in [0.25, 0.3) is 0 Å². The summed E-state index contributed by atoms with van der Waals surface area (Å²) in [7, 11) is 1.06. The second-order valence-electron chi connectivity index (χ2n) is 6.05. The van der Waals surface area contributed by atoms with Crippen LogP contribution in [0.1, 0.15) is 22.5 Å². The lowest BCUT2D eigenvalue weighted by atomic mass is 10.1. The van der Waals surface area contributed by atoms with Crippen molar-refractivity contribution in [3.05, 3.63) is 53.5 Å². The highest BCUT2D eigenvalue weighted by atomic mass is 19.1. The van der Waals surface area contributed by atoms with Gasteiger partial charge in [-0.25, -0.2) is 13.6 Å². The molecule has 0 bridgehead atoms. The highest BCUT2D eigenvalue weighted by molar-refractivity contribution is 5.98. The first-order valence-corrected chi connectivity index (χ1v) is 8.07. The van der Waals surface area contributed by atoms with Crippen LogP contribution in [0.2, 0.25) is 0 Å². The molecule has 2 aromatic rings. The van der Waals surface area contributed by atoms with Crippen molar-refractivity contribution in [3.8, 4) is 0 Å². The Labute approximate surface area is 152 Å². The van der Waals surface area contributed by atoms with Crippen molar-refractivity contribution < 1.29 is 32.3 Å². The van der Waals surface area contributed by atoms with Crippen LogP contribution >= 0.6 is 0 Å². The van der Waals surface area contributed by atoms with Gasteiger partial charge in [-0.3, -0.25) is 9.59 Å². The van der Waals surface area contributed by atoms with Crippen molar-refractivity contribution in [3.63, 3.8) is 0 Å². The first kappa shape index (κ1) is 18.6. The van der Waals surface area contributed by atoms with E-state index in [1.165, 1.54) is 11.2 Å². The van der Waals surface area contributed by atoms with Crippen molar-refractivity contribution >= 4 is 23.5 Å². The average Bonchev–Trinajstić information content (AvgIpc) is 3.27. The molecule has 142 valence electrons. The molecule has 1 N–H and O–H groups in total. The molecule has 0 spiro atoms. The number of rotatable bonds is 5. The van der Waals surface area contributed by atoms with E-state index in [1.807, 2.05) is 0 Å². The maximum absolute atomic E-state index is 14.0. The molecule has 0 unspecified atom stereocenters. The van der Waals surface area contributed by atoms with Crippen molar-refractivity contribution in [1.29, 1.82) is 0 Å². The predicted octanol–water partition coefficient (Wildman–Crippen LogP) is 2.33. The SMILES string of the molecule is COC(=O)c1cc(NC(=O)[C@@H]2CC(=O)N(Cc3ccco3)C2)c(F)cc1F. The van der Waals surface area contributed by atoms with Gasteiger partial charge in [0, 0.05) is 19.0 Å². The van der Waals surface area contributed by atoms with Crippen LogP contribution in [0.15, 0.2) is 34.9 Å². The lowest BCUT2D eigenvalue weighted by Gasteiger charge is -2.15. The van der Waals surface area contributed by atoms with Gasteiger partial charge in [-0.1, -0.05) is 0 Å². The third kappa shape index (κ3) is 3.97. The number of hydrogen-bond acceptors (Lipinski definition) is 5. The van der Waals surface area contributed by atoms with Crippen molar-refractivity contribution in [1.82, 2.24) is 4.90 Å². The van der Waals surface area contributed by atoms with E-state index >= 15 is 0 Å². The Kier molecular flexibility index (Phi) is 5.20. The summed E-state index contributed by atoms with van der Waals surface area (Å²) in [6, 6.07) is 4.76. The third-order valence-electron chi connectivity index (χ3n) is 4.23. The number of nitrogens with zero attached hydrogens (tertiary/aromatic N) is 1. The molecule has 1 fully saturated rings. The number of methoxy groups -OCH3 is 1. The fourth-order valence-corrected chi connectivity index (χ4v) is 2.84. The first-order chi connectivity index (χ1) is 12.9. The number of furan rings is 1. The number of nitrogens with one attached hydrogen (secondary N) is 1. The van der Waals surface area contributed by atoms with Gasteiger partial charge in [0.25, 0.3) is 0 Å². The van der Waals surface area contributed by atoms with E-state index in [-0.39, 0.29) is 31.1 Å². The van der Waals surface area contributed by atoms with Crippen LogP contribution in [0.4, 0.5) is 14.5 Å². The minimum atomic E-state index is -1.10. The second kappa shape index (κ2) is 7.56. The molecule has 0 saturated carbocycles. The number of esters is 1. The fourth-order valence-electron chi connectivity index (χ4n) is 2.84. The number of ether oxygens (including phenoxy) is 1. The summed E-state index contributed by atoms with van der Waals surface area (Å²) in [4.78, 5) is 37.5. The number of halogens is 2. The van der Waals surface area contributed by atoms with Crippen molar-refractivity contribution in [2.75, 3.05) is 19.0 Å². The highest BCUT2D eigenvalue weighted by Crippen LogP contribution is 2.25. The summed E-state index contributed by atoms with van der Waals surface area (Å²) in [5.74, 6) is -4.10. The summed E-state index contributed by atoms with van der Waals surface area (Å²) in [6.45, 7) is 0.366. The number of hydrogen-bond donors (Lipinski definition) is 1. The lowest BCUT2D eigenvalue weighted by molar-refractivity contribution is -0.128. The molecule has 1 saturated heterocycles. The zero-order chi connectivity index (χ0) is 19.6. The zero-order valence-corrected chi connectivity index (χ0v) is 14.3. The number of carbonyl (C=O) groups excluding carboxylic acids is 3. The Morgan fingerprint density at radius 1 is 1.33 bits per heavy atom. The van der Waals surface area contributed by atoms with Crippen LogP contribution in [0.3, 0.4) is 0 Å². The quantitative estimate of drug-likeness (QED) is 0.807. The molecule has 2 heterocycles. The number of carbonyl (C=O) groups is 3. The summed E-state index contributed by atoms with van der Waals surface area (Å²) >= 11 is 0. The van der Waals surface area contributed by atoms with Gasteiger partial charge in [-0.05, 0) is 18.2 Å². The van der Waals surface area contributed by atoms with Crippen LogP contribution in [-0.4, -0.2) is 36.3 Å². The topological polar surface area (TPSA) is 88.8 Å². The van der Waals surface area contributed by atoms with E-state index in [2.05, 4.69) is 10.1 Å². The molecule has 1 aliphatic heterocycles. The predicted molar refractivity (Wildman–Crippen MR) is 88.6 cm³/mol. The fraction of sp³-hybridized carbons (Fsp3) is 0.278. The minimum absolute atomic E-state index is 0.0424. The zero-order valence-electron chi connectivity index (χ0n) is 14.3. The summed E-state index contributed by atoms with van der Waals surface area (Å²) < 4.78 is 37.2. The number of amides is 2. The smallest absolute Gasteiger partial charge is 0.340 e. The number of likely N-dealkylation sites (tertiary alicyclic amines) is 1. The molecule has 7 nitrogen and oxygen atoms in total. The molecule has 9 heteroatoms. The monoisotopic (exact) mass is 378 g/mol. The van der Waals surface area contributed by atoms with Gasteiger partial charge >= 0.3 is 5.97 Å². The Morgan fingerprint density at radius 2 is 2.11 bits per heavy atom. The molecule has 27 heavy (non-hydrogen) atoms. The molecule has 1 aromatic heterocycles. The molecular weight excluding hydrogens is 362 g/mol. The molecule has 1 aromatic carbocycles. The second-order valence-corrected chi connectivity index (χ2v) is 6.05. The number of benzene rings is 1. The Bertz CT molecular complexity index is 882. The maximum Gasteiger partial charge on any atom is 0.340 e. The molecule has 2 amide bonds. The largest absolute Gasteiger partial charge is 0.467 e. The van der Waals surface area contributed by atoms with Crippen LogP contribution < -0.4 is 5.32 Å². The van der Waals surface area contributed by atoms with Crippen LogP contribution in [-0.2, 0) is 20.9 Å². The van der Waals surface area contributed by atoms with Gasteiger partial charge in [0.05, 0.1) is 37.1 Å². The van der Waals surface area contributed by atoms with Gasteiger partial charge < -0.3 is 19.4 Å². The van der Waals surface area contributed by atoms with E-state index < -0.39 is 35.0 Å². The standard InChI is InChI=1S/C18H16F2N2O5/c1-26-18(25)12-6-15(14(20)7-13(12)19)21-17(24)10-5-16(23)22(8-10)9-11-3-2-4-27-11/h2-4,6-7,10H,5,8-9H2,1H3,(H,21,24)/t10-/m1/s1. The molecule has 1 aliphatic rings. The Hall–Kier alpha value is -3.23. The summed E-state index contributed by atoms with van der Waals surface area (Å²) in [5.41, 5.74) is -0.866. The lowest BCUT2D eigenvalue weighted by Crippen LogP contribution is -2.28. The Balaban J connectivity index is 1.70. The molecule has 1 atom stereocenters. The van der Waals surface area contributed by atoms with Gasteiger partial charge in [0.2, 0.25) is 11.8 Å². The highest BCUT2D eigenvalue weighted by Gasteiger charge is 2.35. The van der Waals surface area contributed by atoms with Crippen LogP contribution in [0, 0.1) is 17.6 Å². The molecular formula is C18H16F2N2O5. The van der Waals surface area contributed by atoms with Gasteiger partial charge in [0.15, 0.2) is 0 Å². The maximum atomic E-state index is 14.0. The number of anilines is 1. The van der Waals surface area contributed by atoms with E-state index in [4.69, 9.17) is 4.42 Å². The average molecular weight is 378 g/mol. The van der Waals surface area contributed by atoms with Crippen LogP contribution in [0.5, 0.6) is 0 Å². The van der Waals surface area contributed by atoms with Gasteiger partial charge in [-0.15, -0.1) is 0 Å². The van der Waals surface area contributed by atoms with E-state index in [0.29, 0.717) is 11.8 Å². The Morgan fingerprint density at radius 3 is 2.78 bits per heavy atom. The molecule has 3 rings (SSSR count). The van der Waals surface area contributed by atoms with Gasteiger partial charge in [0.1, 0.15) is 17.4 Å². The molecule has 0 radical (unpaired) electrons. The van der Waals surface area contributed by atoms with E-state index in [1.54, 1.807) is 12.1 Å². The van der Waals surface area contributed by atoms with Crippen molar-refractivity contribution in [2.24, 2.45) is 5.92 Å². The third-order valence-corrected chi connectivity index (χ3v) is 4.23. The van der Waals surface area contributed by atoms with Gasteiger partial charge in [-0.2, -0.15) is 0 Å². The summed E-state index contributed by atoms with van der Waals surface area (Å²) in [5, 5.41) is 2.31. The molecule has 0 aliphatic carbocycles. The van der Waals surface area contributed by atoms with E-state index in [0.717, 1.165) is 13.2 Å².